The zero-order chi connectivity index (χ0) is 41.5. The summed E-state index contributed by atoms with van der Waals surface area (Å²) in [6.45, 7) is 6.61. The number of rotatable bonds is 45. The highest BCUT2D eigenvalue weighted by Crippen LogP contribution is 2.15. The van der Waals surface area contributed by atoms with Gasteiger partial charge in [-0.1, -0.05) is 199 Å². The first kappa shape index (κ1) is 54.9. The van der Waals surface area contributed by atoms with Crippen LogP contribution in [0.5, 0.6) is 0 Å². The van der Waals surface area contributed by atoms with E-state index in [0.29, 0.717) is 19.3 Å². The van der Waals surface area contributed by atoms with E-state index in [-0.39, 0.29) is 31.1 Å². The molecule has 0 unspecified atom stereocenters. The van der Waals surface area contributed by atoms with Crippen LogP contribution < -0.4 is 0 Å². The summed E-state index contributed by atoms with van der Waals surface area (Å²) in [5.74, 6) is -0.877. The monoisotopic (exact) mass is 803 g/mol. The number of allylic oxidation sites excluding steroid dienone is 4. The van der Waals surface area contributed by atoms with Gasteiger partial charge in [0.1, 0.15) is 13.2 Å². The molecule has 0 spiro atoms. The van der Waals surface area contributed by atoms with Crippen molar-refractivity contribution in [1.82, 2.24) is 0 Å². The maximum absolute atomic E-state index is 12.7. The minimum Gasteiger partial charge on any atom is -0.462 e. The van der Waals surface area contributed by atoms with Crippen LogP contribution in [0, 0.1) is 0 Å². The molecule has 0 aromatic heterocycles. The lowest BCUT2D eigenvalue weighted by atomic mass is 10.1. The van der Waals surface area contributed by atoms with Crippen LogP contribution in [0.1, 0.15) is 265 Å². The molecule has 0 bridgehead atoms. The van der Waals surface area contributed by atoms with E-state index in [0.717, 1.165) is 64.2 Å². The van der Waals surface area contributed by atoms with Crippen molar-refractivity contribution in [3.8, 4) is 0 Å². The molecule has 1 atom stereocenters. The van der Waals surface area contributed by atoms with Gasteiger partial charge >= 0.3 is 17.9 Å². The summed E-state index contributed by atoms with van der Waals surface area (Å²) < 4.78 is 16.8. The van der Waals surface area contributed by atoms with Crippen LogP contribution >= 0.6 is 0 Å². The molecule has 0 aromatic rings. The second kappa shape index (κ2) is 46.6. The fourth-order valence-corrected chi connectivity index (χ4v) is 7.14. The second-order valence-corrected chi connectivity index (χ2v) is 16.7. The smallest absolute Gasteiger partial charge is 0.306 e. The number of hydrogen-bond donors (Lipinski definition) is 0. The second-order valence-electron chi connectivity index (χ2n) is 16.7. The molecule has 0 heterocycles. The van der Waals surface area contributed by atoms with E-state index in [1.807, 2.05) is 0 Å². The van der Waals surface area contributed by atoms with Crippen molar-refractivity contribution in [2.45, 2.75) is 271 Å². The Kier molecular flexibility index (Phi) is 44.9. The normalized spacial score (nSPS) is 12.1. The Balaban J connectivity index is 4.34. The third-order valence-corrected chi connectivity index (χ3v) is 10.9. The largest absolute Gasteiger partial charge is 0.462 e. The maximum atomic E-state index is 12.7. The molecule has 0 saturated carbocycles. The Morgan fingerprint density at radius 1 is 0.333 bits per heavy atom. The topological polar surface area (TPSA) is 78.9 Å². The van der Waals surface area contributed by atoms with Crippen molar-refractivity contribution >= 4 is 17.9 Å². The third kappa shape index (κ3) is 44.8. The van der Waals surface area contributed by atoms with E-state index in [4.69, 9.17) is 14.2 Å². The van der Waals surface area contributed by atoms with Crippen molar-refractivity contribution in [3.05, 3.63) is 24.3 Å². The van der Waals surface area contributed by atoms with Gasteiger partial charge in [0.15, 0.2) is 6.10 Å². The summed E-state index contributed by atoms with van der Waals surface area (Å²) in [5.41, 5.74) is 0. The predicted molar refractivity (Wildman–Crippen MR) is 243 cm³/mol. The highest BCUT2D eigenvalue weighted by atomic mass is 16.6. The fourth-order valence-electron chi connectivity index (χ4n) is 7.14. The predicted octanol–water partition coefficient (Wildman–Crippen LogP) is 16.0. The lowest BCUT2D eigenvalue weighted by Crippen LogP contribution is -2.30. The Bertz CT molecular complexity index is 927. The Labute approximate surface area is 353 Å². The molecule has 0 N–H and O–H groups in total. The van der Waals surface area contributed by atoms with E-state index < -0.39 is 6.10 Å². The van der Waals surface area contributed by atoms with Gasteiger partial charge < -0.3 is 14.2 Å². The zero-order valence-corrected chi connectivity index (χ0v) is 38.1. The first-order valence-electron chi connectivity index (χ1n) is 24.8. The summed E-state index contributed by atoms with van der Waals surface area (Å²) in [4.78, 5) is 37.8. The van der Waals surface area contributed by atoms with Crippen LogP contribution in [0.15, 0.2) is 24.3 Å². The van der Waals surface area contributed by atoms with Gasteiger partial charge in [-0.05, 0) is 70.6 Å². The average Bonchev–Trinajstić information content (AvgIpc) is 3.21. The van der Waals surface area contributed by atoms with E-state index in [1.165, 1.54) is 161 Å². The number of ether oxygens (including phenoxy) is 3. The van der Waals surface area contributed by atoms with E-state index in [2.05, 4.69) is 45.1 Å². The quantitative estimate of drug-likeness (QED) is 0.0264. The molecular formula is C51H94O6. The molecule has 0 aliphatic rings. The number of carbonyl (C=O) groups is 3. The summed E-state index contributed by atoms with van der Waals surface area (Å²) in [6, 6.07) is 0. The maximum Gasteiger partial charge on any atom is 0.306 e. The molecule has 0 fully saturated rings. The SMILES string of the molecule is CCCCCCC=CCCCCCCCCCC(=O)OC[C@@H](COC(=O)CCCCCCCC=CCCCCCC)OC(=O)CCCCCCCCCCCCC. The van der Waals surface area contributed by atoms with Crippen LogP contribution in [0.25, 0.3) is 0 Å². The van der Waals surface area contributed by atoms with E-state index in [1.54, 1.807) is 0 Å². The summed E-state index contributed by atoms with van der Waals surface area (Å²) in [5, 5.41) is 0. The minimum atomic E-state index is -0.770. The van der Waals surface area contributed by atoms with Crippen LogP contribution in [-0.2, 0) is 28.6 Å². The molecule has 0 aliphatic heterocycles. The van der Waals surface area contributed by atoms with Gasteiger partial charge in [-0.15, -0.1) is 0 Å². The standard InChI is InChI=1S/C51H94O6/c1-4-7-10-13-16-19-22-24-25-27-30-32-35-38-41-44-50(53)56-47-48(57-51(54)45-42-39-36-33-28-21-18-15-12-9-6-3)46-55-49(52)43-40-37-34-31-29-26-23-20-17-14-11-8-5-2/h19-20,22-23,48H,4-18,21,24-47H2,1-3H3/t48-/m1/s1. The van der Waals surface area contributed by atoms with Gasteiger partial charge in [0.2, 0.25) is 0 Å². The molecule has 0 rings (SSSR count). The molecule has 6 heteroatoms. The number of carbonyl (C=O) groups excluding carboxylic acids is 3. The molecule has 0 radical (unpaired) electrons. The first-order valence-corrected chi connectivity index (χ1v) is 24.8. The molecule has 0 aromatic carbocycles. The summed E-state index contributed by atoms with van der Waals surface area (Å²) in [7, 11) is 0. The zero-order valence-electron chi connectivity index (χ0n) is 38.1. The fraction of sp³-hybridized carbons (Fsp3) is 0.863. The summed E-state index contributed by atoms with van der Waals surface area (Å²) >= 11 is 0. The lowest BCUT2D eigenvalue weighted by molar-refractivity contribution is -0.167. The van der Waals surface area contributed by atoms with Gasteiger partial charge in [-0.2, -0.15) is 0 Å². The molecule has 0 saturated heterocycles. The van der Waals surface area contributed by atoms with Crippen LogP contribution in [0.3, 0.4) is 0 Å². The Morgan fingerprint density at radius 2 is 0.579 bits per heavy atom. The minimum absolute atomic E-state index is 0.0729. The highest BCUT2D eigenvalue weighted by Gasteiger charge is 2.19. The van der Waals surface area contributed by atoms with Gasteiger partial charge in [0.25, 0.3) is 0 Å². The molecular weight excluding hydrogens is 709 g/mol. The number of esters is 3. The molecule has 6 nitrogen and oxygen atoms in total. The van der Waals surface area contributed by atoms with Crippen LogP contribution in [0.4, 0.5) is 0 Å². The van der Waals surface area contributed by atoms with Crippen LogP contribution in [0.2, 0.25) is 0 Å². The number of unbranched alkanes of at least 4 members (excludes halogenated alkanes) is 30. The molecule has 0 aliphatic carbocycles. The third-order valence-electron chi connectivity index (χ3n) is 10.9. The number of hydrogen-bond acceptors (Lipinski definition) is 6. The lowest BCUT2D eigenvalue weighted by Gasteiger charge is -2.18. The average molecular weight is 803 g/mol. The van der Waals surface area contributed by atoms with E-state index in [9.17, 15) is 14.4 Å². The van der Waals surface area contributed by atoms with Crippen molar-refractivity contribution in [2.24, 2.45) is 0 Å². The van der Waals surface area contributed by atoms with Crippen LogP contribution in [-0.4, -0.2) is 37.2 Å². The van der Waals surface area contributed by atoms with Gasteiger partial charge in [0, 0.05) is 19.3 Å². The highest BCUT2D eigenvalue weighted by molar-refractivity contribution is 5.71. The Morgan fingerprint density at radius 3 is 0.895 bits per heavy atom. The van der Waals surface area contributed by atoms with Crippen molar-refractivity contribution < 1.29 is 28.6 Å². The molecule has 334 valence electrons. The van der Waals surface area contributed by atoms with E-state index >= 15 is 0 Å². The molecule has 57 heavy (non-hydrogen) atoms. The van der Waals surface area contributed by atoms with Crippen molar-refractivity contribution in [1.29, 1.82) is 0 Å². The van der Waals surface area contributed by atoms with Gasteiger partial charge in [-0.25, -0.2) is 0 Å². The Hall–Kier alpha value is -2.11. The molecule has 0 amide bonds. The summed E-state index contributed by atoms with van der Waals surface area (Å²) in [6.07, 6.45) is 51.5. The van der Waals surface area contributed by atoms with Gasteiger partial charge in [-0.3, -0.25) is 14.4 Å². The van der Waals surface area contributed by atoms with Crippen molar-refractivity contribution in [2.75, 3.05) is 13.2 Å². The van der Waals surface area contributed by atoms with Gasteiger partial charge in [0.05, 0.1) is 0 Å². The first-order chi connectivity index (χ1) is 28.0. The van der Waals surface area contributed by atoms with Crippen molar-refractivity contribution in [3.63, 3.8) is 0 Å².